The number of thiophene rings is 1. The second-order valence-electron chi connectivity index (χ2n) is 6.04. The zero-order valence-electron chi connectivity index (χ0n) is 13.1. The van der Waals surface area contributed by atoms with E-state index in [1.165, 1.54) is 28.6 Å². The van der Waals surface area contributed by atoms with Crippen molar-refractivity contribution in [3.05, 3.63) is 16.8 Å². The Morgan fingerprint density at radius 2 is 2.32 bits per heavy atom. The summed E-state index contributed by atoms with van der Waals surface area (Å²) in [6.07, 6.45) is 4.97. The average molecular weight is 336 g/mol. The van der Waals surface area contributed by atoms with Gasteiger partial charge in [-0.25, -0.2) is 9.97 Å². The summed E-state index contributed by atoms with van der Waals surface area (Å²) in [5, 5.41) is 2.08. The predicted molar refractivity (Wildman–Crippen MR) is 90.6 cm³/mol. The maximum Gasteiger partial charge on any atom is 0.316 e. The number of hydrogen-bond donors (Lipinski definition) is 0. The lowest BCUT2D eigenvalue weighted by atomic mass is 9.89. The van der Waals surface area contributed by atoms with Crippen LogP contribution in [0.3, 0.4) is 0 Å². The third-order valence-corrected chi connectivity index (χ3v) is 5.88. The van der Waals surface area contributed by atoms with Crippen LogP contribution in [0.1, 0.15) is 37.6 Å². The molecule has 0 bridgehead atoms. The Balaban J connectivity index is 1.85. The molecule has 1 atom stereocenters. The number of hydrogen-bond acceptors (Lipinski definition) is 6. The molecular formula is C16H20N2O2S2. The molecule has 2 aromatic rings. The largest absolute Gasteiger partial charge is 0.462 e. The quantitative estimate of drug-likeness (QED) is 0.482. The molecule has 6 heteroatoms. The SMILES string of the molecule is CC1CCc2c(sc3ncnc(SCC(=O)OC(C)C)c23)C1. The van der Waals surface area contributed by atoms with E-state index in [1.54, 1.807) is 17.7 Å². The summed E-state index contributed by atoms with van der Waals surface area (Å²) in [5.74, 6) is 0.848. The van der Waals surface area contributed by atoms with Crippen molar-refractivity contribution in [3.8, 4) is 0 Å². The molecule has 0 saturated heterocycles. The Morgan fingerprint density at radius 1 is 1.50 bits per heavy atom. The first kappa shape index (κ1) is 15.7. The zero-order chi connectivity index (χ0) is 15.7. The van der Waals surface area contributed by atoms with Gasteiger partial charge in [0.2, 0.25) is 0 Å². The maximum absolute atomic E-state index is 11.7. The second-order valence-corrected chi connectivity index (χ2v) is 8.09. The van der Waals surface area contributed by atoms with Gasteiger partial charge >= 0.3 is 5.97 Å². The fourth-order valence-electron chi connectivity index (χ4n) is 2.78. The van der Waals surface area contributed by atoms with Crippen LogP contribution in [0.2, 0.25) is 0 Å². The lowest BCUT2D eigenvalue weighted by molar-refractivity contribution is -0.144. The smallest absolute Gasteiger partial charge is 0.316 e. The highest BCUT2D eigenvalue weighted by molar-refractivity contribution is 8.00. The summed E-state index contributed by atoms with van der Waals surface area (Å²) in [5.41, 5.74) is 1.40. The van der Waals surface area contributed by atoms with Crippen LogP contribution in [0, 0.1) is 5.92 Å². The molecule has 3 rings (SSSR count). The van der Waals surface area contributed by atoms with Gasteiger partial charge in [0.25, 0.3) is 0 Å². The summed E-state index contributed by atoms with van der Waals surface area (Å²) in [4.78, 5) is 23.1. The third-order valence-electron chi connectivity index (χ3n) is 3.75. The first-order chi connectivity index (χ1) is 10.5. The monoisotopic (exact) mass is 336 g/mol. The fourth-order valence-corrected chi connectivity index (χ4v) is 5.00. The lowest BCUT2D eigenvalue weighted by Gasteiger charge is -2.18. The van der Waals surface area contributed by atoms with Crippen LogP contribution < -0.4 is 0 Å². The predicted octanol–water partition coefficient (Wildman–Crippen LogP) is 3.86. The number of thioether (sulfide) groups is 1. The number of carbonyl (C=O) groups excluding carboxylic acids is 1. The van der Waals surface area contributed by atoms with Crippen molar-refractivity contribution >= 4 is 39.3 Å². The van der Waals surface area contributed by atoms with Crippen LogP contribution >= 0.6 is 23.1 Å². The molecule has 0 amide bonds. The molecule has 0 aliphatic heterocycles. The average Bonchev–Trinajstić information content (AvgIpc) is 2.82. The number of esters is 1. The van der Waals surface area contributed by atoms with Gasteiger partial charge in [0.05, 0.1) is 11.9 Å². The number of aromatic nitrogens is 2. The molecule has 0 aromatic carbocycles. The van der Waals surface area contributed by atoms with E-state index < -0.39 is 0 Å². The van der Waals surface area contributed by atoms with Crippen molar-refractivity contribution in [2.75, 3.05) is 5.75 Å². The van der Waals surface area contributed by atoms with E-state index in [4.69, 9.17) is 4.74 Å². The highest BCUT2D eigenvalue weighted by atomic mass is 32.2. The molecule has 2 aromatic heterocycles. The van der Waals surface area contributed by atoms with Crippen LogP contribution in [0.4, 0.5) is 0 Å². The fraction of sp³-hybridized carbons (Fsp3) is 0.562. The minimum atomic E-state index is -0.190. The van der Waals surface area contributed by atoms with Crippen LogP contribution in [0.15, 0.2) is 11.4 Å². The van der Waals surface area contributed by atoms with Crippen LogP contribution in [-0.4, -0.2) is 27.8 Å². The molecular weight excluding hydrogens is 316 g/mol. The first-order valence-corrected chi connectivity index (χ1v) is 9.42. The number of rotatable bonds is 4. The Bertz CT molecular complexity index is 697. The maximum atomic E-state index is 11.7. The molecule has 22 heavy (non-hydrogen) atoms. The van der Waals surface area contributed by atoms with E-state index in [0.717, 1.165) is 34.0 Å². The van der Waals surface area contributed by atoms with E-state index in [1.807, 2.05) is 13.8 Å². The van der Waals surface area contributed by atoms with E-state index in [9.17, 15) is 4.79 Å². The second kappa shape index (κ2) is 6.54. The van der Waals surface area contributed by atoms with Crippen molar-refractivity contribution in [2.45, 2.75) is 51.2 Å². The Labute approximate surface area is 138 Å². The third kappa shape index (κ3) is 3.27. The van der Waals surface area contributed by atoms with Gasteiger partial charge in [-0.3, -0.25) is 4.79 Å². The molecule has 0 fully saturated rings. The van der Waals surface area contributed by atoms with Crippen molar-refractivity contribution in [1.82, 2.24) is 9.97 Å². The molecule has 0 saturated carbocycles. The highest BCUT2D eigenvalue weighted by Crippen LogP contribution is 2.40. The van der Waals surface area contributed by atoms with Crippen molar-refractivity contribution < 1.29 is 9.53 Å². The topological polar surface area (TPSA) is 52.1 Å². The van der Waals surface area contributed by atoms with Crippen molar-refractivity contribution in [1.29, 1.82) is 0 Å². The van der Waals surface area contributed by atoms with Crippen molar-refractivity contribution in [3.63, 3.8) is 0 Å². The van der Waals surface area contributed by atoms with E-state index in [2.05, 4.69) is 16.9 Å². The van der Waals surface area contributed by atoms with Gasteiger partial charge in [-0.15, -0.1) is 11.3 Å². The van der Waals surface area contributed by atoms with Crippen molar-refractivity contribution in [2.24, 2.45) is 5.92 Å². The van der Waals surface area contributed by atoms with Crippen LogP contribution in [0.25, 0.3) is 10.2 Å². The molecule has 4 nitrogen and oxygen atoms in total. The zero-order valence-corrected chi connectivity index (χ0v) is 14.7. The summed E-state index contributed by atoms with van der Waals surface area (Å²) in [7, 11) is 0. The molecule has 1 unspecified atom stereocenters. The van der Waals surface area contributed by atoms with E-state index in [0.29, 0.717) is 5.75 Å². The standard InChI is InChI=1S/C16H20N2O2S2/c1-9(2)20-13(19)7-21-15-14-11-5-4-10(3)6-12(11)22-16(14)18-8-17-15/h8-10H,4-7H2,1-3H3. The normalized spacial score (nSPS) is 17.7. The number of nitrogens with zero attached hydrogens (tertiary/aromatic N) is 2. The van der Waals surface area contributed by atoms with E-state index >= 15 is 0 Å². The highest BCUT2D eigenvalue weighted by Gasteiger charge is 2.23. The van der Waals surface area contributed by atoms with Crippen LogP contribution in [0.5, 0.6) is 0 Å². The Hall–Kier alpha value is -1.14. The van der Waals surface area contributed by atoms with Gasteiger partial charge in [0, 0.05) is 10.3 Å². The van der Waals surface area contributed by atoms with E-state index in [-0.39, 0.29) is 12.1 Å². The van der Waals surface area contributed by atoms with Gasteiger partial charge in [0.15, 0.2) is 0 Å². The number of ether oxygens (including phenoxy) is 1. The van der Waals surface area contributed by atoms with Gasteiger partial charge in [0.1, 0.15) is 16.2 Å². The minimum absolute atomic E-state index is 0.0751. The minimum Gasteiger partial charge on any atom is -0.462 e. The molecule has 1 aliphatic carbocycles. The molecule has 2 heterocycles. The molecule has 1 aliphatic rings. The Kier molecular flexibility index (Phi) is 4.68. The molecule has 0 spiro atoms. The van der Waals surface area contributed by atoms with Gasteiger partial charge in [-0.05, 0) is 44.6 Å². The summed E-state index contributed by atoms with van der Waals surface area (Å²) >= 11 is 3.24. The summed E-state index contributed by atoms with van der Waals surface area (Å²) in [6.45, 7) is 6.03. The number of fused-ring (bicyclic) bond motifs is 3. The number of carbonyl (C=O) groups is 1. The Morgan fingerprint density at radius 3 is 3.09 bits per heavy atom. The van der Waals surface area contributed by atoms with Gasteiger partial charge < -0.3 is 4.74 Å². The summed E-state index contributed by atoms with van der Waals surface area (Å²) in [6, 6.07) is 0. The summed E-state index contributed by atoms with van der Waals surface area (Å²) < 4.78 is 5.19. The molecule has 0 radical (unpaired) electrons. The van der Waals surface area contributed by atoms with Gasteiger partial charge in [-0.2, -0.15) is 0 Å². The first-order valence-electron chi connectivity index (χ1n) is 7.62. The lowest BCUT2D eigenvalue weighted by Crippen LogP contribution is -2.13. The molecule has 0 N–H and O–H groups in total. The van der Waals surface area contributed by atoms with Crippen LogP contribution in [-0.2, 0) is 22.4 Å². The molecule has 118 valence electrons. The number of aryl methyl sites for hydroxylation is 1. The van der Waals surface area contributed by atoms with Gasteiger partial charge in [-0.1, -0.05) is 18.7 Å².